The lowest BCUT2D eigenvalue weighted by atomic mass is 10.3. The monoisotopic (exact) mass is 443 g/mol. The Bertz CT molecular complexity index is 689. The molecule has 27 heavy (non-hydrogen) atoms. The number of benzene rings is 1. The first-order valence-corrected chi connectivity index (χ1v) is 10.5. The Balaban J connectivity index is 0.000000646. The zero-order chi connectivity index (χ0) is 20.3. The van der Waals surface area contributed by atoms with Crippen molar-refractivity contribution in [3.63, 3.8) is 0 Å². The van der Waals surface area contributed by atoms with E-state index in [0.29, 0.717) is 60.9 Å². The lowest BCUT2D eigenvalue weighted by molar-refractivity contribution is -0.110. The summed E-state index contributed by atoms with van der Waals surface area (Å²) >= 11 is 12.2. The summed E-state index contributed by atoms with van der Waals surface area (Å²) in [6.45, 7) is 3.47. The molecule has 1 saturated heterocycles. The van der Waals surface area contributed by atoms with Crippen LogP contribution in [-0.4, -0.2) is 76.9 Å². The number of nitrogens with zero attached hydrogens (tertiary/aromatic N) is 2. The van der Waals surface area contributed by atoms with Crippen molar-refractivity contribution in [3.05, 3.63) is 28.2 Å². The van der Waals surface area contributed by atoms with Crippen molar-refractivity contribution < 1.29 is 27.3 Å². The highest BCUT2D eigenvalue weighted by molar-refractivity contribution is 7.85. The van der Waals surface area contributed by atoms with Crippen molar-refractivity contribution in [3.8, 4) is 0 Å². The van der Waals surface area contributed by atoms with Crippen molar-refractivity contribution in [2.45, 2.75) is 0 Å². The molecular formula is C15H23Cl2N3O6S. The minimum atomic E-state index is -3.67. The molecule has 0 bridgehead atoms. The van der Waals surface area contributed by atoms with Gasteiger partial charge in [-0.3, -0.25) is 9.39 Å². The minimum absolute atomic E-state index is 0.431. The predicted molar refractivity (Wildman–Crippen MR) is 104 cm³/mol. The maximum absolute atomic E-state index is 9.19. The third-order valence-corrected chi connectivity index (χ3v) is 3.51. The van der Waals surface area contributed by atoms with E-state index in [1.807, 2.05) is 0 Å². The summed E-state index contributed by atoms with van der Waals surface area (Å²) < 4.78 is 36.1. The second kappa shape index (κ2) is 12.3. The van der Waals surface area contributed by atoms with Crippen LogP contribution >= 0.6 is 23.2 Å². The van der Waals surface area contributed by atoms with Gasteiger partial charge in [0, 0.05) is 13.7 Å². The van der Waals surface area contributed by atoms with Crippen molar-refractivity contribution in [2.75, 3.05) is 52.9 Å². The molecule has 154 valence electrons. The predicted octanol–water partition coefficient (Wildman–Crippen LogP) is 1.98. The Morgan fingerprint density at radius 2 is 1.81 bits per heavy atom. The van der Waals surface area contributed by atoms with Gasteiger partial charge in [0.15, 0.2) is 0 Å². The standard InChI is InChI=1S/C14H19Cl2N3O3.CH4O3S/c1-20-7-8-21-9-10-22-19-6-5-17-14(19)18-13-11(15)3-2-4-12(13)16;1-5(2,3)4/h2-4H,5-10H2,1H3,(H,17,18);1H3,(H,2,3,4). The van der Waals surface area contributed by atoms with E-state index in [2.05, 4.69) is 10.3 Å². The molecule has 2 rings (SSSR count). The fourth-order valence-corrected chi connectivity index (χ4v) is 2.32. The van der Waals surface area contributed by atoms with E-state index in [0.717, 1.165) is 6.54 Å². The Morgan fingerprint density at radius 1 is 1.22 bits per heavy atom. The molecule has 1 aliphatic heterocycles. The molecule has 0 radical (unpaired) electrons. The summed E-state index contributed by atoms with van der Waals surface area (Å²) in [5, 5.41) is 5.82. The van der Waals surface area contributed by atoms with Crippen LogP contribution in [0.15, 0.2) is 23.2 Å². The van der Waals surface area contributed by atoms with Gasteiger partial charge in [0.1, 0.15) is 5.69 Å². The molecular weight excluding hydrogens is 421 g/mol. The molecule has 0 saturated carbocycles. The highest BCUT2D eigenvalue weighted by Crippen LogP contribution is 2.33. The lowest BCUT2D eigenvalue weighted by Crippen LogP contribution is -2.31. The summed E-state index contributed by atoms with van der Waals surface area (Å²) in [7, 11) is -2.03. The number of nitrogens with one attached hydrogen (secondary N) is 1. The number of halogens is 2. The first-order chi connectivity index (χ1) is 12.7. The Morgan fingerprint density at radius 3 is 2.41 bits per heavy atom. The molecule has 1 aromatic rings. The van der Waals surface area contributed by atoms with Gasteiger partial charge in [-0.25, -0.2) is 10.1 Å². The van der Waals surface area contributed by atoms with Gasteiger partial charge in [-0.2, -0.15) is 8.42 Å². The third kappa shape index (κ3) is 10.7. The van der Waals surface area contributed by atoms with Crippen LogP contribution in [0.5, 0.6) is 0 Å². The Kier molecular flexibility index (Phi) is 10.9. The highest BCUT2D eigenvalue weighted by atomic mass is 35.5. The van der Waals surface area contributed by atoms with Crippen LogP contribution in [-0.2, 0) is 24.4 Å². The number of para-hydroxylation sites is 1. The van der Waals surface area contributed by atoms with Gasteiger partial charge in [-0.1, -0.05) is 29.3 Å². The molecule has 9 nitrogen and oxygen atoms in total. The van der Waals surface area contributed by atoms with Crippen LogP contribution in [0.4, 0.5) is 5.69 Å². The molecule has 1 aromatic carbocycles. The van der Waals surface area contributed by atoms with E-state index in [9.17, 15) is 8.42 Å². The first-order valence-electron chi connectivity index (χ1n) is 7.88. The molecule has 2 N–H and O–H groups in total. The maximum Gasteiger partial charge on any atom is 0.261 e. The van der Waals surface area contributed by atoms with E-state index in [1.165, 1.54) is 0 Å². The number of guanidine groups is 1. The summed E-state index contributed by atoms with van der Waals surface area (Å²) in [4.78, 5) is 10.1. The number of hydrogen-bond donors (Lipinski definition) is 2. The number of aliphatic imine (C=N–C) groups is 1. The van der Waals surface area contributed by atoms with E-state index >= 15 is 0 Å². The number of rotatable bonds is 8. The van der Waals surface area contributed by atoms with Crippen LogP contribution in [0.3, 0.4) is 0 Å². The van der Waals surface area contributed by atoms with Crippen LogP contribution in [0.1, 0.15) is 0 Å². The number of methoxy groups -OCH3 is 1. The van der Waals surface area contributed by atoms with Crippen LogP contribution in [0.25, 0.3) is 0 Å². The number of hydrogen-bond acceptors (Lipinski definition) is 6. The SMILES string of the molecule is COCCOCCON1CCN/C1=N\c1c(Cl)cccc1Cl.CS(=O)(=O)O. The summed E-state index contributed by atoms with van der Waals surface area (Å²) in [5.41, 5.74) is 0.528. The quantitative estimate of drug-likeness (QED) is 0.463. The molecule has 12 heteroatoms. The van der Waals surface area contributed by atoms with Gasteiger partial charge >= 0.3 is 0 Å². The Hall–Kier alpha value is -1.14. The van der Waals surface area contributed by atoms with E-state index < -0.39 is 10.1 Å². The summed E-state index contributed by atoms with van der Waals surface area (Å²) in [6.07, 6.45) is 0.715. The zero-order valence-corrected chi connectivity index (χ0v) is 17.4. The van der Waals surface area contributed by atoms with Gasteiger partial charge in [0.05, 0.1) is 49.3 Å². The van der Waals surface area contributed by atoms with Crippen LogP contribution in [0, 0.1) is 0 Å². The molecule has 0 unspecified atom stereocenters. The molecule has 1 heterocycles. The highest BCUT2D eigenvalue weighted by Gasteiger charge is 2.20. The number of ether oxygens (including phenoxy) is 2. The van der Waals surface area contributed by atoms with Gasteiger partial charge < -0.3 is 14.8 Å². The van der Waals surface area contributed by atoms with Gasteiger partial charge in [-0.15, -0.1) is 0 Å². The van der Waals surface area contributed by atoms with Crippen molar-refractivity contribution in [1.82, 2.24) is 10.4 Å². The smallest absolute Gasteiger partial charge is 0.261 e. The molecule has 1 fully saturated rings. The van der Waals surface area contributed by atoms with Gasteiger partial charge in [0.2, 0.25) is 5.96 Å². The number of hydroxylamine groups is 2. The van der Waals surface area contributed by atoms with Crippen molar-refractivity contribution >= 4 is 45.0 Å². The maximum atomic E-state index is 9.19. The van der Waals surface area contributed by atoms with Crippen molar-refractivity contribution in [1.29, 1.82) is 0 Å². The average Bonchev–Trinajstić information content (AvgIpc) is 3.00. The Labute approximate surface area is 168 Å². The summed E-state index contributed by atoms with van der Waals surface area (Å²) in [6, 6.07) is 5.27. The van der Waals surface area contributed by atoms with Crippen molar-refractivity contribution in [2.24, 2.45) is 4.99 Å². The molecule has 0 amide bonds. The third-order valence-electron chi connectivity index (χ3n) is 2.90. The van der Waals surface area contributed by atoms with Gasteiger partial charge in [0.25, 0.3) is 10.1 Å². The van der Waals surface area contributed by atoms with Crippen LogP contribution < -0.4 is 5.32 Å². The van der Waals surface area contributed by atoms with E-state index in [-0.39, 0.29) is 0 Å². The molecule has 0 aliphatic carbocycles. The second-order valence-electron chi connectivity index (χ2n) is 5.21. The lowest BCUT2D eigenvalue weighted by Gasteiger charge is -2.17. The minimum Gasteiger partial charge on any atom is -0.382 e. The van der Waals surface area contributed by atoms with Gasteiger partial charge in [-0.05, 0) is 12.1 Å². The fraction of sp³-hybridized carbons (Fsp3) is 0.533. The second-order valence-corrected chi connectivity index (χ2v) is 7.49. The molecule has 0 atom stereocenters. The molecule has 1 aliphatic rings. The van der Waals surface area contributed by atoms with E-state index in [1.54, 1.807) is 30.4 Å². The molecule has 0 aromatic heterocycles. The molecule has 0 spiro atoms. The summed E-state index contributed by atoms with van der Waals surface area (Å²) in [5.74, 6) is 0.590. The van der Waals surface area contributed by atoms with E-state index in [4.69, 9.17) is 42.1 Å². The topological polar surface area (TPSA) is 110 Å². The average molecular weight is 444 g/mol. The zero-order valence-electron chi connectivity index (χ0n) is 15.0. The largest absolute Gasteiger partial charge is 0.382 e. The normalized spacial score (nSPS) is 15.4. The van der Waals surface area contributed by atoms with Crippen LogP contribution in [0.2, 0.25) is 10.0 Å². The fourth-order valence-electron chi connectivity index (χ4n) is 1.84. The first kappa shape index (κ1) is 23.9.